The maximum absolute atomic E-state index is 10.0. The van der Waals surface area contributed by atoms with Crippen molar-refractivity contribution in [3.05, 3.63) is 23.7 Å². The maximum atomic E-state index is 10.0. The molecule has 0 saturated carbocycles. The minimum Gasteiger partial charge on any atom is -0.512 e. The van der Waals surface area contributed by atoms with Gasteiger partial charge < -0.3 is 15.7 Å². The molecule has 0 heterocycles. The second kappa shape index (κ2) is 13.9. The Kier molecular flexibility index (Phi) is 21.0. The van der Waals surface area contributed by atoms with Gasteiger partial charge in [-0.3, -0.25) is 9.59 Å². The third kappa shape index (κ3) is 38.4. The van der Waals surface area contributed by atoms with Crippen LogP contribution in [0.4, 0.5) is 0 Å². The van der Waals surface area contributed by atoms with Crippen molar-refractivity contribution in [2.75, 3.05) is 0 Å². The Labute approximate surface area is 105 Å². The van der Waals surface area contributed by atoms with Crippen LogP contribution in [0.1, 0.15) is 27.7 Å². The average Bonchev–Trinajstić information content (AvgIpc) is 1.79. The van der Waals surface area contributed by atoms with Crippen LogP contribution in [-0.4, -0.2) is 27.3 Å². The Balaban J connectivity index is -0.0000000800. The molecule has 5 nitrogen and oxygen atoms in total. The van der Waals surface area contributed by atoms with Crippen LogP contribution >= 0.6 is 0 Å². The summed E-state index contributed by atoms with van der Waals surface area (Å²) in [5, 5.41) is 16.7. The second-order valence-corrected chi connectivity index (χ2v) is 2.79. The Hall–Kier alpha value is -1.13. The fraction of sp³-hybridized carbons (Fsp3) is 0.400. The number of ketones is 2. The summed E-state index contributed by atoms with van der Waals surface area (Å²) in [4.78, 5) is 20.0. The van der Waals surface area contributed by atoms with E-state index in [1.807, 2.05) is 0 Å². The fourth-order valence-electron chi connectivity index (χ4n) is 0.588. The van der Waals surface area contributed by atoms with E-state index in [1.54, 1.807) is 0 Å². The Morgan fingerprint density at radius 3 is 1.00 bits per heavy atom. The number of aliphatic hydroxyl groups is 2. The van der Waals surface area contributed by atoms with Crippen molar-refractivity contribution in [3.8, 4) is 0 Å². The van der Waals surface area contributed by atoms with Crippen molar-refractivity contribution in [3.63, 3.8) is 0 Å². The number of hydrogen-bond donors (Lipinski definition) is 2. The molecule has 0 aromatic rings. The summed E-state index contributed by atoms with van der Waals surface area (Å²) in [6.45, 7) is 5.70. The molecule has 0 aliphatic carbocycles. The van der Waals surface area contributed by atoms with Crippen molar-refractivity contribution < 1.29 is 41.8 Å². The van der Waals surface area contributed by atoms with E-state index in [9.17, 15) is 9.59 Å². The number of carbonyl (C=O) groups is 2. The summed E-state index contributed by atoms with van der Waals surface area (Å²) in [5.74, 6) is -0.125. The van der Waals surface area contributed by atoms with Crippen molar-refractivity contribution in [1.29, 1.82) is 0 Å². The standard InChI is InChI=1S/2C5H8O2.Ni.H2O/c2*1-4(6)3-5(2)7;;/h2*3,6H,1-2H3;;1H2/b4-3+;4-3-;;. The van der Waals surface area contributed by atoms with Crippen molar-refractivity contribution in [2.24, 2.45) is 0 Å². The summed E-state index contributed by atoms with van der Waals surface area (Å²) >= 11 is 0. The Morgan fingerprint density at radius 1 is 0.812 bits per heavy atom. The number of rotatable bonds is 2. The predicted molar refractivity (Wildman–Crippen MR) is 57.7 cm³/mol. The van der Waals surface area contributed by atoms with E-state index in [4.69, 9.17) is 10.2 Å². The van der Waals surface area contributed by atoms with Gasteiger partial charge in [-0.2, -0.15) is 0 Å². The summed E-state index contributed by atoms with van der Waals surface area (Å²) in [6, 6.07) is 0. The first-order valence-electron chi connectivity index (χ1n) is 4.01. The monoisotopic (exact) mass is 276 g/mol. The van der Waals surface area contributed by atoms with Crippen LogP contribution in [0.3, 0.4) is 0 Å². The van der Waals surface area contributed by atoms with Gasteiger partial charge in [0.1, 0.15) is 0 Å². The molecule has 0 unspecified atom stereocenters. The van der Waals surface area contributed by atoms with Gasteiger partial charge in [0, 0.05) is 28.6 Å². The zero-order valence-corrected chi connectivity index (χ0v) is 10.7. The summed E-state index contributed by atoms with van der Waals surface area (Å²) in [5.41, 5.74) is 0. The molecular formula is C10H18NiO5. The molecule has 0 aliphatic heterocycles. The molecule has 0 aromatic heterocycles. The minimum absolute atomic E-state index is 0. The van der Waals surface area contributed by atoms with Crippen molar-refractivity contribution >= 4 is 11.6 Å². The van der Waals surface area contributed by atoms with Gasteiger partial charge in [-0.25, -0.2) is 0 Å². The molecule has 0 amide bonds. The molecule has 0 aliphatic rings. The van der Waals surface area contributed by atoms with E-state index >= 15 is 0 Å². The summed E-state index contributed by atoms with van der Waals surface area (Å²) in [7, 11) is 0. The Bertz CT molecular complexity index is 232. The van der Waals surface area contributed by atoms with E-state index < -0.39 is 0 Å². The van der Waals surface area contributed by atoms with Crippen LogP contribution in [0.25, 0.3) is 0 Å². The number of carbonyl (C=O) groups excluding carboxylic acids is 2. The van der Waals surface area contributed by atoms with Gasteiger partial charge in [-0.15, -0.1) is 0 Å². The zero-order chi connectivity index (χ0) is 11.7. The molecule has 0 radical (unpaired) electrons. The zero-order valence-electron chi connectivity index (χ0n) is 9.68. The molecular weight excluding hydrogens is 259 g/mol. The quantitative estimate of drug-likeness (QED) is 0.450. The fourth-order valence-corrected chi connectivity index (χ4v) is 0.588. The van der Waals surface area contributed by atoms with Gasteiger partial charge in [0.05, 0.1) is 11.5 Å². The largest absolute Gasteiger partial charge is 0.512 e. The molecule has 0 saturated heterocycles. The van der Waals surface area contributed by atoms with E-state index in [2.05, 4.69) is 0 Å². The molecule has 0 rings (SSSR count). The van der Waals surface area contributed by atoms with Crippen LogP contribution in [0.2, 0.25) is 0 Å². The third-order valence-electron chi connectivity index (χ3n) is 0.824. The molecule has 0 atom stereocenters. The first-order chi connectivity index (χ1) is 6.25. The number of allylic oxidation sites excluding steroid dienone is 4. The van der Waals surface area contributed by atoms with Gasteiger partial charge in [0.15, 0.2) is 11.6 Å². The topological polar surface area (TPSA) is 106 Å². The number of hydrogen-bond acceptors (Lipinski definition) is 4. The number of aliphatic hydroxyl groups excluding tert-OH is 2. The van der Waals surface area contributed by atoms with Crippen LogP contribution in [0.15, 0.2) is 23.7 Å². The summed E-state index contributed by atoms with van der Waals surface area (Å²) < 4.78 is 0. The molecule has 0 spiro atoms. The molecule has 0 fully saturated rings. The first-order valence-corrected chi connectivity index (χ1v) is 4.01. The van der Waals surface area contributed by atoms with Crippen molar-refractivity contribution in [2.45, 2.75) is 27.7 Å². The van der Waals surface area contributed by atoms with Crippen LogP contribution in [0, 0.1) is 0 Å². The Morgan fingerprint density at radius 2 is 1.00 bits per heavy atom. The van der Waals surface area contributed by atoms with Crippen LogP contribution < -0.4 is 0 Å². The van der Waals surface area contributed by atoms with Crippen LogP contribution in [0.5, 0.6) is 0 Å². The van der Waals surface area contributed by atoms with Gasteiger partial charge in [0.2, 0.25) is 0 Å². The maximum Gasteiger partial charge on any atom is 0.155 e. The van der Waals surface area contributed by atoms with E-state index in [1.165, 1.54) is 39.8 Å². The third-order valence-corrected chi connectivity index (χ3v) is 0.824. The van der Waals surface area contributed by atoms with Gasteiger partial charge >= 0.3 is 0 Å². The first kappa shape index (κ1) is 24.2. The van der Waals surface area contributed by atoms with Crippen molar-refractivity contribution in [1.82, 2.24) is 0 Å². The molecule has 0 bridgehead atoms. The van der Waals surface area contributed by atoms with Gasteiger partial charge in [0.25, 0.3) is 0 Å². The molecule has 16 heavy (non-hydrogen) atoms. The van der Waals surface area contributed by atoms with Crippen LogP contribution in [-0.2, 0) is 26.1 Å². The van der Waals surface area contributed by atoms with Gasteiger partial charge in [-0.1, -0.05) is 0 Å². The smallest absolute Gasteiger partial charge is 0.155 e. The molecule has 98 valence electrons. The SMILES string of the molecule is CC(=O)/C=C(/C)O.CC(=O)/C=C(\C)O.O.[Ni]. The average molecular weight is 277 g/mol. The van der Waals surface area contributed by atoms with E-state index in [0.717, 1.165) is 0 Å². The van der Waals surface area contributed by atoms with E-state index in [-0.39, 0.29) is 45.1 Å². The van der Waals surface area contributed by atoms with Gasteiger partial charge in [-0.05, 0) is 27.7 Å². The summed E-state index contributed by atoms with van der Waals surface area (Å²) in [6.07, 6.45) is 2.33. The molecule has 4 N–H and O–H groups in total. The minimum atomic E-state index is -0.125. The normalized spacial score (nSPS) is 10.0. The molecule has 6 heteroatoms. The molecule has 0 aromatic carbocycles. The predicted octanol–water partition coefficient (Wildman–Crippen LogP) is 1.25. The van der Waals surface area contributed by atoms with E-state index in [0.29, 0.717) is 0 Å². The second-order valence-electron chi connectivity index (χ2n) is 2.79.